The lowest BCUT2D eigenvalue weighted by Gasteiger charge is -2.10. The van der Waals surface area contributed by atoms with E-state index in [4.69, 9.17) is 5.11 Å². The van der Waals surface area contributed by atoms with Crippen LogP contribution in [0.15, 0.2) is 24.3 Å². The molecule has 0 aliphatic rings. The average Bonchev–Trinajstić information content (AvgIpc) is 2.29. The summed E-state index contributed by atoms with van der Waals surface area (Å²) in [4.78, 5) is 22.1. The first-order valence-corrected chi connectivity index (χ1v) is 5.01. The molecule has 1 aromatic carbocycles. The van der Waals surface area contributed by atoms with Gasteiger partial charge in [-0.25, -0.2) is 4.79 Å². The Labute approximate surface area is 93.9 Å². The van der Waals surface area contributed by atoms with Crippen molar-refractivity contribution in [2.24, 2.45) is 0 Å². The number of benzene rings is 1. The molecule has 0 spiro atoms. The van der Waals surface area contributed by atoms with E-state index in [1.807, 2.05) is 6.92 Å². The number of ether oxygens (including phenoxy) is 1. The first-order valence-electron chi connectivity index (χ1n) is 5.01. The van der Waals surface area contributed by atoms with E-state index >= 15 is 0 Å². The second kappa shape index (κ2) is 5.30. The highest BCUT2D eigenvalue weighted by molar-refractivity contribution is 5.89. The molecule has 1 rings (SSSR count). The van der Waals surface area contributed by atoms with Gasteiger partial charge in [-0.3, -0.25) is 4.79 Å². The summed E-state index contributed by atoms with van der Waals surface area (Å²) in [6, 6.07) is 6.45. The molecule has 4 heteroatoms. The molecule has 0 saturated carbocycles. The van der Waals surface area contributed by atoms with Gasteiger partial charge in [-0.05, 0) is 24.1 Å². The van der Waals surface area contributed by atoms with Crippen molar-refractivity contribution in [2.45, 2.75) is 19.3 Å². The monoisotopic (exact) mass is 222 g/mol. The Bertz CT molecular complexity index is 381. The van der Waals surface area contributed by atoms with Crippen LogP contribution in [0.1, 0.15) is 35.2 Å². The van der Waals surface area contributed by atoms with E-state index in [-0.39, 0.29) is 0 Å². The highest BCUT2D eigenvalue weighted by atomic mass is 16.5. The van der Waals surface area contributed by atoms with Gasteiger partial charge in [0.05, 0.1) is 18.6 Å². The number of aliphatic carboxylic acids is 1. The van der Waals surface area contributed by atoms with E-state index in [0.29, 0.717) is 17.5 Å². The minimum absolute atomic E-state index is 0.421. The van der Waals surface area contributed by atoms with Gasteiger partial charge in [0.15, 0.2) is 0 Å². The first-order chi connectivity index (χ1) is 7.60. The molecule has 4 nitrogen and oxygen atoms in total. The molecular weight excluding hydrogens is 208 g/mol. The second-order valence-electron chi connectivity index (χ2n) is 3.41. The Hall–Kier alpha value is -1.84. The Morgan fingerprint density at radius 3 is 2.25 bits per heavy atom. The summed E-state index contributed by atoms with van der Waals surface area (Å²) in [7, 11) is 1.31. The van der Waals surface area contributed by atoms with Crippen LogP contribution in [0.5, 0.6) is 0 Å². The zero-order valence-electron chi connectivity index (χ0n) is 9.27. The first kappa shape index (κ1) is 12.2. The van der Waals surface area contributed by atoms with Gasteiger partial charge in [-0.15, -0.1) is 0 Å². The van der Waals surface area contributed by atoms with Crippen molar-refractivity contribution in [3.63, 3.8) is 0 Å². The standard InChI is InChI=1S/C12H14O4/c1-3-10(11(13)14)8-4-6-9(7-5-8)12(15)16-2/h4-7,10H,3H2,1-2H3,(H,13,14). The number of carboxylic acid groups (broad SMARTS) is 1. The fraction of sp³-hybridized carbons (Fsp3) is 0.333. The molecule has 0 aromatic heterocycles. The third-order valence-corrected chi connectivity index (χ3v) is 2.44. The van der Waals surface area contributed by atoms with Crippen molar-refractivity contribution < 1.29 is 19.4 Å². The van der Waals surface area contributed by atoms with Crippen LogP contribution in [-0.4, -0.2) is 24.2 Å². The average molecular weight is 222 g/mol. The Morgan fingerprint density at radius 1 is 1.31 bits per heavy atom. The Morgan fingerprint density at radius 2 is 1.88 bits per heavy atom. The van der Waals surface area contributed by atoms with Gasteiger partial charge < -0.3 is 9.84 Å². The lowest BCUT2D eigenvalue weighted by molar-refractivity contribution is -0.138. The lowest BCUT2D eigenvalue weighted by atomic mass is 9.96. The van der Waals surface area contributed by atoms with Crippen LogP contribution in [0.3, 0.4) is 0 Å². The van der Waals surface area contributed by atoms with Crippen LogP contribution in [0.25, 0.3) is 0 Å². The van der Waals surface area contributed by atoms with E-state index in [1.165, 1.54) is 7.11 Å². The zero-order chi connectivity index (χ0) is 12.1. The van der Waals surface area contributed by atoms with E-state index in [9.17, 15) is 9.59 Å². The topological polar surface area (TPSA) is 63.6 Å². The van der Waals surface area contributed by atoms with Gasteiger partial charge in [0.1, 0.15) is 0 Å². The summed E-state index contributed by atoms with van der Waals surface area (Å²) in [5, 5.41) is 8.96. The molecule has 0 bridgehead atoms. The van der Waals surface area contributed by atoms with Gasteiger partial charge in [-0.2, -0.15) is 0 Å². The zero-order valence-corrected chi connectivity index (χ0v) is 9.27. The molecule has 0 amide bonds. The molecule has 0 aliphatic heterocycles. The van der Waals surface area contributed by atoms with Gasteiger partial charge in [-0.1, -0.05) is 19.1 Å². The molecule has 0 radical (unpaired) electrons. The highest BCUT2D eigenvalue weighted by Gasteiger charge is 2.17. The van der Waals surface area contributed by atoms with Crippen molar-refractivity contribution >= 4 is 11.9 Å². The van der Waals surface area contributed by atoms with Crippen molar-refractivity contribution in [3.8, 4) is 0 Å². The van der Waals surface area contributed by atoms with E-state index < -0.39 is 17.9 Å². The van der Waals surface area contributed by atoms with Gasteiger partial charge in [0, 0.05) is 0 Å². The maximum absolute atomic E-state index is 11.2. The molecule has 1 unspecified atom stereocenters. The molecule has 0 saturated heterocycles. The maximum atomic E-state index is 11.2. The van der Waals surface area contributed by atoms with Crippen LogP contribution in [-0.2, 0) is 9.53 Å². The van der Waals surface area contributed by atoms with Crippen molar-refractivity contribution in [1.29, 1.82) is 0 Å². The second-order valence-corrected chi connectivity index (χ2v) is 3.41. The molecule has 0 fully saturated rings. The molecule has 1 aromatic rings. The summed E-state index contributed by atoms with van der Waals surface area (Å²) >= 11 is 0. The third-order valence-electron chi connectivity index (χ3n) is 2.44. The maximum Gasteiger partial charge on any atom is 0.337 e. The number of carbonyl (C=O) groups is 2. The predicted molar refractivity (Wildman–Crippen MR) is 58.4 cm³/mol. The highest BCUT2D eigenvalue weighted by Crippen LogP contribution is 2.20. The van der Waals surface area contributed by atoms with Crippen molar-refractivity contribution in [3.05, 3.63) is 35.4 Å². The molecule has 86 valence electrons. The summed E-state index contributed by atoms with van der Waals surface area (Å²) < 4.78 is 4.56. The summed E-state index contributed by atoms with van der Waals surface area (Å²) in [6.07, 6.45) is 0.521. The van der Waals surface area contributed by atoms with Crippen molar-refractivity contribution in [2.75, 3.05) is 7.11 Å². The summed E-state index contributed by atoms with van der Waals surface area (Å²) in [6.45, 7) is 1.81. The number of hydrogen-bond donors (Lipinski definition) is 1. The van der Waals surface area contributed by atoms with Gasteiger partial charge in [0.25, 0.3) is 0 Å². The molecule has 1 atom stereocenters. The summed E-state index contributed by atoms with van der Waals surface area (Å²) in [5.41, 5.74) is 1.12. The number of hydrogen-bond acceptors (Lipinski definition) is 3. The molecule has 16 heavy (non-hydrogen) atoms. The quantitative estimate of drug-likeness (QED) is 0.792. The van der Waals surface area contributed by atoms with Crippen LogP contribution < -0.4 is 0 Å². The minimum Gasteiger partial charge on any atom is -0.481 e. The summed E-state index contributed by atoms with van der Waals surface area (Å²) in [5.74, 6) is -1.80. The fourth-order valence-electron chi connectivity index (χ4n) is 1.52. The number of carboxylic acids is 1. The SMILES string of the molecule is CCC(C(=O)O)c1ccc(C(=O)OC)cc1. The van der Waals surface area contributed by atoms with E-state index in [0.717, 1.165) is 0 Å². The molecule has 0 heterocycles. The molecule has 0 aliphatic carbocycles. The third kappa shape index (κ3) is 2.59. The van der Waals surface area contributed by atoms with E-state index in [2.05, 4.69) is 4.74 Å². The molecule has 1 N–H and O–H groups in total. The fourth-order valence-corrected chi connectivity index (χ4v) is 1.52. The normalized spacial score (nSPS) is 11.9. The minimum atomic E-state index is -0.853. The Balaban J connectivity index is 2.93. The smallest absolute Gasteiger partial charge is 0.337 e. The van der Waals surface area contributed by atoms with E-state index in [1.54, 1.807) is 24.3 Å². The number of methoxy groups -OCH3 is 1. The lowest BCUT2D eigenvalue weighted by Crippen LogP contribution is -2.10. The van der Waals surface area contributed by atoms with Crippen LogP contribution in [0, 0.1) is 0 Å². The van der Waals surface area contributed by atoms with Crippen LogP contribution in [0.2, 0.25) is 0 Å². The van der Waals surface area contributed by atoms with Crippen molar-refractivity contribution in [1.82, 2.24) is 0 Å². The van der Waals surface area contributed by atoms with Gasteiger partial charge >= 0.3 is 11.9 Å². The Kier molecular flexibility index (Phi) is 4.05. The van der Waals surface area contributed by atoms with Gasteiger partial charge in [0.2, 0.25) is 0 Å². The van der Waals surface area contributed by atoms with Crippen LogP contribution >= 0.6 is 0 Å². The van der Waals surface area contributed by atoms with Crippen LogP contribution in [0.4, 0.5) is 0 Å². The number of carbonyl (C=O) groups excluding carboxylic acids is 1. The predicted octanol–water partition coefficient (Wildman–Crippen LogP) is 2.05. The number of rotatable bonds is 4. The largest absolute Gasteiger partial charge is 0.481 e. The number of esters is 1. The molecular formula is C12H14O4.